The highest BCUT2D eigenvalue weighted by molar-refractivity contribution is 6.31. The summed E-state index contributed by atoms with van der Waals surface area (Å²) in [5, 5.41) is 10.9. The molecule has 2 aromatic carbocycles. The largest absolute Gasteiger partial charge is 0.479 e. The van der Waals surface area contributed by atoms with E-state index in [1.54, 1.807) is 18.2 Å². The van der Waals surface area contributed by atoms with Gasteiger partial charge in [-0.25, -0.2) is 0 Å². The Balaban J connectivity index is 1.52. The van der Waals surface area contributed by atoms with E-state index in [4.69, 9.17) is 21.1 Å². The van der Waals surface area contributed by atoms with Gasteiger partial charge in [-0.2, -0.15) is 0 Å². The van der Waals surface area contributed by atoms with Crippen LogP contribution < -0.4 is 4.74 Å². The van der Waals surface area contributed by atoms with E-state index in [0.29, 0.717) is 16.3 Å². The van der Waals surface area contributed by atoms with Crippen molar-refractivity contribution < 1.29 is 19.4 Å². The van der Waals surface area contributed by atoms with E-state index < -0.39 is 18.3 Å². The van der Waals surface area contributed by atoms with Crippen molar-refractivity contribution in [1.29, 1.82) is 0 Å². The Hall–Kier alpha value is -1.88. The molecule has 1 N–H and O–H groups in total. The molecule has 4 nitrogen and oxygen atoms in total. The van der Waals surface area contributed by atoms with Gasteiger partial charge in [-0.15, -0.1) is 0 Å². The van der Waals surface area contributed by atoms with Crippen molar-refractivity contribution in [2.24, 2.45) is 0 Å². The second-order valence-corrected chi connectivity index (χ2v) is 5.90. The highest BCUT2D eigenvalue weighted by atomic mass is 35.5. The first kappa shape index (κ1) is 13.8. The average molecular weight is 317 g/mol. The van der Waals surface area contributed by atoms with Crippen LogP contribution >= 0.6 is 11.6 Å². The molecule has 2 aliphatic rings. The normalized spacial score (nSPS) is 27.2. The van der Waals surface area contributed by atoms with Crippen LogP contribution in [-0.4, -0.2) is 29.2 Å². The van der Waals surface area contributed by atoms with E-state index in [-0.39, 0.29) is 11.9 Å². The molecule has 5 heteroatoms. The van der Waals surface area contributed by atoms with E-state index >= 15 is 0 Å². The quantitative estimate of drug-likeness (QED) is 0.885. The molecular weight excluding hydrogens is 304 g/mol. The number of carbonyl (C=O) groups excluding carboxylic acids is 1. The number of aliphatic hydroxyl groups is 1. The molecule has 2 aliphatic heterocycles. The molecule has 2 aromatic rings. The number of halogens is 1. The van der Waals surface area contributed by atoms with Gasteiger partial charge in [-0.05, 0) is 23.8 Å². The lowest BCUT2D eigenvalue weighted by molar-refractivity contribution is 0.0281. The van der Waals surface area contributed by atoms with E-state index in [9.17, 15) is 9.90 Å². The molecule has 4 rings (SSSR count). The lowest BCUT2D eigenvalue weighted by Gasteiger charge is -2.14. The third kappa shape index (κ3) is 2.20. The summed E-state index contributed by atoms with van der Waals surface area (Å²) in [4.78, 5) is 12.4. The maximum atomic E-state index is 12.4. The summed E-state index contributed by atoms with van der Waals surface area (Å²) in [7, 11) is 0. The van der Waals surface area contributed by atoms with Gasteiger partial charge in [0, 0.05) is 5.02 Å². The summed E-state index contributed by atoms with van der Waals surface area (Å²) in [6.45, 7) is 0. The second kappa shape index (κ2) is 5.09. The van der Waals surface area contributed by atoms with Crippen LogP contribution in [0.4, 0.5) is 0 Å². The molecule has 2 unspecified atom stereocenters. The maximum Gasteiger partial charge on any atom is 0.209 e. The van der Waals surface area contributed by atoms with Gasteiger partial charge in [0.1, 0.15) is 24.1 Å². The van der Waals surface area contributed by atoms with Gasteiger partial charge in [0.15, 0.2) is 6.10 Å². The fraction of sp³-hybridized carbons (Fsp3) is 0.235. The van der Waals surface area contributed by atoms with E-state index in [1.807, 2.05) is 30.3 Å². The number of hydrogen-bond acceptors (Lipinski definition) is 4. The Morgan fingerprint density at radius 3 is 2.68 bits per heavy atom. The number of ketones is 1. The summed E-state index contributed by atoms with van der Waals surface area (Å²) in [5.74, 6) is 0.197. The number of ether oxygens (including phenoxy) is 2. The van der Waals surface area contributed by atoms with Gasteiger partial charge in [-0.3, -0.25) is 4.79 Å². The van der Waals surface area contributed by atoms with Gasteiger partial charge in [-0.1, -0.05) is 41.9 Å². The topological polar surface area (TPSA) is 59.1 Å². The molecule has 1 fully saturated rings. The summed E-state index contributed by atoms with van der Waals surface area (Å²) >= 11 is 5.90. The predicted molar refractivity (Wildman–Crippen MR) is 80.3 cm³/mol. The van der Waals surface area contributed by atoms with Crippen LogP contribution in [0.3, 0.4) is 0 Å². The fourth-order valence-corrected chi connectivity index (χ4v) is 3.00. The first-order chi connectivity index (χ1) is 10.6. The monoisotopic (exact) mass is 316 g/mol. The average Bonchev–Trinajstić information content (AvgIpc) is 3.28. The molecule has 22 heavy (non-hydrogen) atoms. The van der Waals surface area contributed by atoms with E-state index in [1.165, 1.54) is 0 Å². The summed E-state index contributed by atoms with van der Waals surface area (Å²) in [6, 6.07) is 14.5. The molecule has 0 aromatic heterocycles. The van der Waals surface area contributed by atoms with Crippen molar-refractivity contribution in [3.8, 4) is 5.75 Å². The van der Waals surface area contributed by atoms with Gasteiger partial charge in [0.05, 0.1) is 5.56 Å². The van der Waals surface area contributed by atoms with E-state index in [2.05, 4.69) is 0 Å². The smallest absolute Gasteiger partial charge is 0.209 e. The van der Waals surface area contributed by atoms with Crippen LogP contribution in [0.2, 0.25) is 5.02 Å². The number of epoxide rings is 1. The van der Waals surface area contributed by atoms with Gasteiger partial charge < -0.3 is 14.6 Å². The van der Waals surface area contributed by atoms with Crippen molar-refractivity contribution >= 4 is 17.4 Å². The SMILES string of the molecule is O=C1c2cc(Cl)ccc2OC1C(O)[C@H]1O[C@H]1c1ccccc1. The second-order valence-electron chi connectivity index (χ2n) is 5.47. The van der Waals surface area contributed by atoms with Gasteiger partial charge in [0.25, 0.3) is 0 Å². The molecule has 0 spiro atoms. The first-order valence-corrected chi connectivity index (χ1v) is 7.42. The summed E-state index contributed by atoms with van der Waals surface area (Å²) < 4.78 is 11.1. The molecule has 112 valence electrons. The standard InChI is InChI=1S/C17H13ClO4/c18-10-6-7-12-11(8-10)13(19)16(21-12)14(20)17-15(22-17)9-4-2-1-3-5-9/h1-8,14-17,20H/t14?,15-,16?,17+/m0/s1. The molecule has 4 atom stereocenters. The Labute approximate surface area is 132 Å². The molecule has 0 bridgehead atoms. The molecular formula is C17H13ClO4. The third-order valence-corrected chi connectivity index (χ3v) is 4.25. The Morgan fingerprint density at radius 1 is 1.14 bits per heavy atom. The molecule has 0 aliphatic carbocycles. The van der Waals surface area contributed by atoms with Gasteiger partial charge in [0.2, 0.25) is 5.78 Å². The van der Waals surface area contributed by atoms with Crippen molar-refractivity contribution in [3.05, 3.63) is 64.7 Å². The summed E-state index contributed by atoms with van der Waals surface area (Å²) in [6.07, 6.45) is -2.57. The molecule has 2 heterocycles. The lowest BCUT2D eigenvalue weighted by atomic mass is 9.99. The Kier molecular flexibility index (Phi) is 3.18. The number of rotatable bonds is 3. The first-order valence-electron chi connectivity index (χ1n) is 7.04. The molecule has 0 radical (unpaired) electrons. The number of carbonyl (C=O) groups is 1. The lowest BCUT2D eigenvalue weighted by Crippen LogP contribution is -2.38. The highest BCUT2D eigenvalue weighted by Crippen LogP contribution is 2.43. The molecule has 0 amide bonds. The maximum absolute atomic E-state index is 12.4. The van der Waals surface area contributed by atoms with Crippen LogP contribution in [0.15, 0.2) is 48.5 Å². The minimum absolute atomic E-state index is 0.195. The third-order valence-electron chi connectivity index (χ3n) is 4.02. The van der Waals surface area contributed by atoms with Crippen molar-refractivity contribution in [3.63, 3.8) is 0 Å². The highest BCUT2D eigenvalue weighted by Gasteiger charge is 2.52. The van der Waals surface area contributed by atoms with Crippen molar-refractivity contribution in [2.45, 2.75) is 24.4 Å². The number of hydrogen-bond donors (Lipinski definition) is 1. The van der Waals surface area contributed by atoms with Crippen LogP contribution in [0.5, 0.6) is 5.75 Å². The number of Topliss-reactive ketones (excluding diaryl/α,β-unsaturated/α-hetero) is 1. The van der Waals surface area contributed by atoms with Gasteiger partial charge >= 0.3 is 0 Å². The number of benzene rings is 2. The number of aliphatic hydroxyl groups excluding tert-OH is 1. The zero-order chi connectivity index (χ0) is 15.3. The minimum Gasteiger partial charge on any atom is -0.479 e. The zero-order valence-corrected chi connectivity index (χ0v) is 12.2. The summed E-state index contributed by atoms with van der Waals surface area (Å²) in [5.41, 5.74) is 1.39. The van der Waals surface area contributed by atoms with Crippen LogP contribution in [0.1, 0.15) is 22.0 Å². The van der Waals surface area contributed by atoms with Crippen molar-refractivity contribution in [1.82, 2.24) is 0 Å². The zero-order valence-electron chi connectivity index (χ0n) is 11.5. The predicted octanol–water partition coefficient (Wildman–Crippen LogP) is 2.78. The van der Waals surface area contributed by atoms with Crippen LogP contribution in [0, 0.1) is 0 Å². The van der Waals surface area contributed by atoms with E-state index in [0.717, 1.165) is 5.56 Å². The Morgan fingerprint density at radius 2 is 1.91 bits per heavy atom. The minimum atomic E-state index is -1.01. The molecule has 1 saturated heterocycles. The van der Waals surface area contributed by atoms with Crippen molar-refractivity contribution in [2.75, 3.05) is 0 Å². The fourth-order valence-electron chi connectivity index (χ4n) is 2.83. The Bertz CT molecular complexity index is 731. The number of fused-ring (bicyclic) bond motifs is 1. The molecule has 0 saturated carbocycles. The van der Waals surface area contributed by atoms with Crippen LogP contribution in [-0.2, 0) is 4.74 Å². The van der Waals surface area contributed by atoms with Crippen LogP contribution in [0.25, 0.3) is 0 Å².